The molecule has 3 amide bonds. The Morgan fingerprint density at radius 3 is 2.41 bits per heavy atom. The van der Waals surface area contributed by atoms with Crippen LogP contribution in [0.5, 0.6) is 0 Å². The number of nitrogens with one attached hydrogen (secondary N) is 3. The average molecular weight is 570 g/mol. The number of aromatic amines is 1. The number of alkyl carbamates (subject to hydrolysis) is 1. The zero-order chi connectivity index (χ0) is 29.9. The number of likely N-dealkylation sites (tertiary alicyclic amines) is 1. The molecule has 1 saturated heterocycles. The Bertz CT molecular complexity index is 1390. The van der Waals surface area contributed by atoms with E-state index in [9.17, 15) is 14.4 Å². The molecule has 0 bridgehead atoms. The number of nitrogens with zero attached hydrogens (tertiary/aromatic N) is 5. The summed E-state index contributed by atoms with van der Waals surface area (Å²) < 4.78 is 12.4. The molecule has 3 aromatic heterocycles. The molecule has 14 nitrogen and oxygen atoms in total. The number of hydrogen-bond donors (Lipinski definition) is 4. The number of nitrogens with two attached hydrogens (primary N) is 1. The number of fused-ring (bicyclic) bond motifs is 1. The van der Waals surface area contributed by atoms with Crippen LogP contribution in [0.2, 0.25) is 0 Å². The smallest absolute Gasteiger partial charge is 0.410 e. The first kappa shape index (κ1) is 29.6. The van der Waals surface area contributed by atoms with Crippen LogP contribution < -0.4 is 16.4 Å². The molecular formula is C27H39N9O5. The highest BCUT2D eigenvalue weighted by atomic mass is 16.6. The van der Waals surface area contributed by atoms with Crippen LogP contribution >= 0.6 is 0 Å². The van der Waals surface area contributed by atoms with Gasteiger partial charge in [0.15, 0.2) is 5.65 Å². The number of H-pyrrole nitrogens is 1. The number of anilines is 1. The minimum Gasteiger partial charge on any atom is -0.444 e. The van der Waals surface area contributed by atoms with E-state index in [1.165, 1.54) is 4.90 Å². The lowest BCUT2D eigenvalue weighted by molar-refractivity contribution is -0.127. The highest BCUT2D eigenvalue weighted by molar-refractivity contribution is 5.86. The minimum atomic E-state index is -0.750. The largest absolute Gasteiger partial charge is 0.444 e. The van der Waals surface area contributed by atoms with Crippen LogP contribution in [0, 0.1) is 0 Å². The topological polar surface area (TPSA) is 182 Å². The van der Waals surface area contributed by atoms with Gasteiger partial charge >= 0.3 is 12.2 Å². The summed E-state index contributed by atoms with van der Waals surface area (Å²) in [5, 5.41) is 16.6. The van der Waals surface area contributed by atoms with Gasteiger partial charge in [0.25, 0.3) is 0 Å². The van der Waals surface area contributed by atoms with Gasteiger partial charge in [0.2, 0.25) is 5.91 Å². The predicted molar refractivity (Wildman–Crippen MR) is 151 cm³/mol. The van der Waals surface area contributed by atoms with Crippen molar-refractivity contribution in [3.63, 3.8) is 0 Å². The molecular weight excluding hydrogens is 530 g/mol. The number of hydrogen-bond acceptors (Lipinski definition) is 9. The Balaban J connectivity index is 1.49. The van der Waals surface area contributed by atoms with Gasteiger partial charge in [0.05, 0.1) is 18.1 Å². The lowest BCUT2D eigenvalue weighted by Gasteiger charge is -2.39. The van der Waals surface area contributed by atoms with E-state index in [1.54, 1.807) is 70.7 Å². The molecule has 4 heterocycles. The van der Waals surface area contributed by atoms with E-state index in [1.807, 2.05) is 0 Å². The summed E-state index contributed by atoms with van der Waals surface area (Å²) in [6.45, 7) is 11.2. The molecule has 0 unspecified atom stereocenters. The molecule has 0 aromatic carbocycles. The summed E-state index contributed by atoms with van der Waals surface area (Å²) in [4.78, 5) is 44.7. The first-order chi connectivity index (χ1) is 19.2. The van der Waals surface area contributed by atoms with E-state index < -0.39 is 29.4 Å². The quantitative estimate of drug-likeness (QED) is 0.324. The first-order valence-corrected chi connectivity index (χ1v) is 13.6. The van der Waals surface area contributed by atoms with Gasteiger partial charge < -0.3 is 25.8 Å². The summed E-state index contributed by atoms with van der Waals surface area (Å²) >= 11 is 0. The number of carbonyl (C=O) groups is 3. The third-order valence-electron chi connectivity index (χ3n) is 6.35. The summed E-state index contributed by atoms with van der Waals surface area (Å²) in [7, 11) is 0. The Labute approximate surface area is 238 Å². The fraction of sp³-hybridized carbons (Fsp3) is 0.556. The summed E-state index contributed by atoms with van der Waals surface area (Å²) in [6.07, 6.45) is 4.92. The minimum absolute atomic E-state index is 0.174. The second-order valence-electron chi connectivity index (χ2n) is 12.0. The van der Waals surface area contributed by atoms with Gasteiger partial charge in [-0.2, -0.15) is 14.7 Å². The zero-order valence-corrected chi connectivity index (χ0v) is 24.4. The van der Waals surface area contributed by atoms with Crippen LogP contribution in [0.3, 0.4) is 0 Å². The van der Waals surface area contributed by atoms with Gasteiger partial charge in [-0.25, -0.2) is 14.6 Å². The van der Waals surface area contributed by atoms with E-state index >= 15 is 0 Å². The predicted octanol–water partition coefficient (Wildman–Crippen LogP) is 2.83. The molecule has 0 spiro atoms. The number of aromatic nitrogens is 5. The monoisotopic (exact) mass is 569 g/mol. The van der Waals surface area contributed by atoms with Crippen LogP contribution in [-0.2, 0) is 14.3 Å². The van der Waals surface area contributed by atoms with Gasteiger partial charge in [-0.05, 0) is 54.4 Å². The molecule has 0 radical (unpaired) electrons. The van der Waals surface area contributed by atoms with E-state index in [4.69, 9.17) is 20.2 Å². The molecule has 1 aliphatic heterocycles. The Hall–Kier alpha value is -4.36. The Kier molecular flexibility index (Phi) is 8.40. The highest BCUT2D eigenvalue weighted by Gasteiger charge is 2.39. The number of rotatable bonds is 6. The zero-order valence-electron chi connectivity index (χ0n) is 24.4. The van der Waals surface area contributed by atoms with Gasteiger partial charge in [-0.3, -0.25) is 14.8 Å². The van der Waals surface area contributed by atoms with Gasteiger partial charge in [0, 0.05) is 48.9 Å². The number of ether oxygens (including phenoxy) is 2. The van der Waals surface area contributed by atoms with Crippen molar-refractivity contribution < 1.29 is 23.9 Å². The van der Waals surface area contributed by atoms with Crippen LogP contribution in [0.15, 0.2) is 24.7 Å². The fourth-order valence-electron chi connectivity index (χ4n) is 4.61. The molecule has 3 aromatic rings. The van der Waals surface area contributed by atoms with E-state index in [2.05, 4.69) is 25.9 Å². The van der Waals surface area contributed by atoms with Gasteiger partial charge in [-0.15, -0.1) is 0 Å². The maximum atomic E-state index is 13.3. The van der Waals surface area contributed by atoms with Crippen molar-refractivity contribution in [1.29, 1.82) is 0 Å². The SMILES string of the molecule is CC(C)(C)OC(=O)NCCNC(=O)[C@@H]1CC[C@H](c2cc(N)n3ncc(-c4cn[nH]c4)c3n2)CN1C(=O)OC(C)(C)C. The molecule has 1 aliphatic rings. The van der Waals surface area contributed by atoms with E-state index in [-0.39, 0.29) is 31.5 Å². The van der Waals surface area contributed by atoms with Crippen molar-refractivity contribution in [1.82, 2.24) is 40.3 Å². The third kappa shape index (κ3) is 7.44. The maximum absolute atomic E-state index is 13.3. The first-order valence-electron chi connectivity index (χ1n) is 13.6. The van der Waals surface area contributed by atoms with Crippen molar-refractivity contribution >= 4 is 29.6 Å². The van der Waals surface area contributed by atoms with Crippen LogP contribution in [0.4, 0.5) is 15.4 Å². The van der Waals surface area contributed by atoms with Crippen LogP contribution in [0.1, 0.15) is 66.0 Å². The van der Waals surface area contributed by atoms with Crippen molar-refractivity contribution in [2.45, 2.75) is 77.5 Å². The van der Waals surface area contributed by atoms with Crippen molar-refractivity contribution in [3.05, 3.63) is 30.4 Å². The molecule has 5 N–H and O–H groups in total. The number of nitrogen functional groups attached to an aromatic ring is 1. The summed E-state index contributed by atoms with van der Waals surface area (Å²) in [6, 6.07) is 1.000. The lowest BCUT2D eigenvalue weighted by atomic mass is 9.89. The average Bonchev–Trinajstić information content (AvgIpc) is 3.54. The van der Waals surface area contributed by atoms with E-state index in [0.29, 0.717) is 30.0 Å². The second kappa shape index (κ2) is 11.6. The molecule has 14 heteroatoms. The third-order valence-corrected chi connectivity index (χ3v) is 6.35. The molecule has 1 fully saturated rings. The van der Waals surface area contributed by atoms with Crippen LogP contribution in [0.25, 0.3) is 16.8 Å². The van der Waals surface area contributed by atoms with Crippen molar-refractivity contribution in [2.75, 3.05) is 25.4 Å². The van der Waals surface area contributed by atoms with Gasteiger partial charge in [0.1, 0.15) is 23.1 Å². The normalized spacial score (nSPS) is 17.8. The maximum Gasteiger partial charge on any atom is 0.410 e. The second-order valence-corrected chi connectivity index (χ2v) is 12.0. The van der Waals surface area contributed by atoms with Gasteiger partial charge in [-0.1, -0.05) is 0 Å². The molecule has 2 atom stereocenters. The molecule has 0 saturated carbocycles. The fourth-order valence-corrected chi connectivity index (χ4v) is 4.61. The molecule has 0 aliphatic carbocycles. The molecule has 4 rings (SSSR count). The number of piperidine rings is 1. The Morgan fingerprint density at radius 1 is 1.05 bits per heavy atom. The number of carbonyl (C=O) groups excluding carboxylic acids is 3. The van der Waals surface area contributed by atoms with E-state index in [0.717, 1.165) is 11.1 Å². The molecule has 41 heavy (non-hydrogen) atoms. The lowest BCUT2D eigenvalue weighted by Crippen LogP contribution is -2.55. The highest BCUT2D eigenvalue weighted by Crippen LogP contribution is 2.33. The summed E-state index contributed by atoms with van der Waals surface area (Å²) in [5.74, 6) is -0.123. The van der Waals surface area contributed by atoms with Crippen molar-refractivity contribution in [2.24, 2.45) is 0 Å². The summed E-state index contributed by atoms with van der Waals surface area (Å²) in [5.41, 5.74) is 7.81. The van der Waals surface area contributed by atoms with Crippen molar-refractivity contribution in [3.8, 4) is 11.1 Å². The standard InChI is InChI=1S/C27H39N9O5/c1-26(2,3)40-24(38)30-10-9-29-23(37)20-8-7-16(15-35(20)25(39)41-27(4,5)6)19-11-21(28)36-22(34-19)18(14-33-36)17-12-31-32-13-17/h11-14,16,20H,7-10,15,28H2,1-6H3,(H,29,37)(H,30,38)(H,31,32)/t16-,20-/m0/s1. The Morgan fingerprint density at radius 2 is 1.76 bits per heavy atom. The van der Waals surface area contributed by atoms with Crippen LogP contribution in [-0.4, -0.2) is 84.7 Å². The number of amides is 3. The molecule has 222 valence electrons.